The molecule has 0 saturated heterocycles. The number of nitrogens with zero attached hydrogens (tertiary/aromatic N) is 4. The van der Waals surface area contributed by atoms with Gasteiger partial charge in [-0.15, -0.1) is 15.3 Å². The van der Waals surface area contributed by atoms with Crippen molar-refractivity contribution in [2.24, 2.45) is 5.14 Å². The largest absolute Gasteiger partial charge is 0.493 e. The Labute approximate surface area is 230 Å². The Morgan fingerprint density at radius 1 is 1.05 bits per heavy atom. The van der Waals surface area contributed by atoms with Crippen molar-refractivity contribution < 1.29 is 21.6 Å². The van der Waals surface area contributed by atoms with E-state index in [1.165, 1.54) is 34.8 Å². The second-order valence-electron chi connectivity index (χ2n) is 9.51. The number of hydrogen-bond acceptors (Lipinski definition) is 9. The maximum absolute atomic E-state index is 13.2. The molecule has 2 heterocycles. The number of ether oxygens (including phenoxy) is 1. The molecule has 1 aliphatic rings. The van der Waals surface area contributed by atoms with Gasteiger partial charge in [0.15, 0.2) is 11.6 Å². The number of nitrogens with two attached hydrogens (primary N) is 1. The summed E-state index contributed by atoms with van der Waals surface area (Å²) in [6.45, 7) is 2.17. The molecule has 0 unspecified atom stereocenters. The minimum atomic E-state index is -3.96. The molecule has 5 rings (SSSR count). The van der Waals surface area contributed by atoms with Gasteiger partial charge in [-0.25, -0.2) is 26.7 Å². The summed E-state index contributed by atoms with van der Waals surface area (Å²) in [4.78, 5) is 15.5. The van der Waals surface area contributed by atoms with E-state index in [1.807, 2.05) is 0 Å². The van der Waals surface area contributed by atoms with Gasteiger partial charge in [-0.05, 0) is 62.1 Å². The number of H-pyrrole nitrogens is 1. The Balaban J connectivity index is 1.43. The van der Waals surface area contributed by atoms with Crippen LogP contribution in [-0.2, 0) is 26.5 Å². The molecular formula is C25H29N7O6S2. The van der Waals surface area contributed by atoms with E-state index < -0.39 is 25.6 Å². The quantitative estimate of drug-likeness (QED) is 0.248. The van der Waals surface area contributed by atoms with Gasteiger partial charge in [-0.3, -0.25) is 4.79 Å². The zero-order valence-electron chi connectivity index (χ0n) is 21.7. The van der Waals surface area contributed by atoms with Gasteiger partial charge in [0.2, 0.25) is 25.7 Å². The lowest BCUT2D eigenvalue weighted by Gasteiger charge is -2.13. The number of nitrogens with one attached hydrogen (secondary N) is 2. The third kappa shape index (κ3) is 5.77. The first-order valence-corrected chi connectivity index (χ1v) is 15.8. The van der Waals surface area contributed by atoms with Crippen molar-refractivity contribution in [3.05, 3.63) is 64.2 Å². The number of rotatable bonds is 10. The Hall–Kier alpha value is -3.66. The average Bonchev–Trinajstić information content (AvgIpc) is 3.59. The molecule has 2 aromatic heterocycles. The number of fused-ring (bicyclic) bond motifs is 1. The third-order valence-corrected chi connectivity index (χ3v) is 9.18. The topological polar surface area (TPSA) is 191 Å². The van der Waals surface area contributed by atoms with E-state index in [1.54, 1.807) is 19.1 Å². The normalized spacial score (nSPS) is 14.7. The van der Waals surface area contributed by atoms with E-state index in [9.17, 15) is 21.6 Å². The Kier molecular flexibility index (Phi) is 7.72. The Morgan fingerprint density at radius 3 is 2.42 bits per heavy atom. The number of benzene rings is 2. The fourth-order valence-corrected chi connectivity index (χ4v) is 6.35. The molecule has 40 heavy (non-hydrogen) atoms. The predicted octanol–water partition coefficient (Wildman–Crippen LogP) is 1.70. The van der Waals surface area contributed by atoms with Crippen molar-refractivity contribution >= 4 is 25.7 Å². The van der Waals surface area contributed by atoms with Crippen molar-refractivity contribution in [3.63, 3.8) is 0 Å². The highest BCUT2D eigenvalue weighted by molar-refractivity contribution is 7.89. The number of sulfonamides is 2. The second-order valence-corrected chi connectivity index (χ2v) is 12.8. The highest BCUT2D eigenvalue weighted by atomic mass is 32.2. The van der Waals surface area contributed by atoms with E-state index in [2.05, 4.69) is 25.0 Å². The number of primary sulfonamides is 1. The number of aromatic amines is 1. The molecule has 15 heteroatoms. The van der Waals surface area contributed by atoms with Crippen molar-refractivity contribution in [1.29, 1.82) is 0 Å². The summed E-state index contributed by atoms with van der Waals surface area (Å²) in [5.41, 5.74) is 0.605. The number of aromatic nitrogens is 5. The number of hydrogen-bond donors (Lipinski definition) is 3. The summed E-state index contributed by atoms with van der Waals surface area (Å²) in [6.07, 6.45) is 4.32. The molecule has 212 valence electrons. The fourth-order valence-electron chi connectivity index (χ4n) is 4.78. The molecule has 1 saturated carbocycles. The minimum Gasteiger partial charge on any atom is -0.493 e. The Morgan fingerprint density at radius 2 is 1.75 bits per heavy atom. The van der Waals surface area contributed by atoms with Crippen molar-refractivity contribution in [2.75, 3.05) is 13.2 Å². The first kappa shape index (κ1) is 27.9. The maximum Gasteiger partial charge on any atom is 0.296 e. The fraction of sp³-hybridized carbons (Fsp3) is 0.360. The molecule has 1 fully saturated rings. The van der Waals surface area contributed by atoms with Gasteiger partial charge < -0.3 is 9.72 Å². The predicted molar refractivity (Wildman–Crippen MR) is 146 cm³/mol. The molecule has 0 bridgehead atoms. The van der Waals surface area contributed by atoms with E-state index in [-0.39, 0.29) is 33.7 Å². The molecule has 4 N–H and O–H groups in total. The molecule has 2 aromatic carbocycles. The molecular weight excluding hydrogens is 558 g/mol. The van der Waals surface area contributed by atoms with Crippen LogP contribution in [0.5, 0.6) is 5.75 Å². The van der Waals surface area contributed by atoms with Crippen LogP contribution in [-0.4, -0.2) is 54.8 Å². The molecule has 13 nitrogen and oxygen atoms in total. The van der Waals surface area contributed by atoms with E-state index >= 15 is 0 Å². The van der Waals surface area contributed by atoms with E-state index in [0.717, 1.165) is 31.2 Å². The third-order valence-electron chi connectivity index (χ3n) is 6.79. The van der Waals surface area contributed by atoms with Gasteiger partial charge in [0.1, 0.15) is 5.75 Å². The first-order valence-electron chi connectivity index (χ1n) is 12.8. The summed E-state index contributed by atoms with van der Waals surface area (Å²) in [5, 5.41) is 18.0. The van der Waals surface area contributed by atoms with Crippen LogP contribution >= 0.6 is 0 Å². The summed E-state index contributed by atoms with van der Waals surface area (Å²) >= 11 is 0. The van der Waals surface area contributed by atoms with Gasteiger partial charge in [0.25, 0.3) is 5.56 Å². The van der Waals surface area contributed by atoms with Crippen LogP contribution in [0.4, 0.5) is 0 Å². The van der Waals surface area contributed by atoms with Crippen molar-refractivity contribution in [1.82, 2.24) is 29.5 Å². The minimum absolute atomic E-state index is 0.0228. The van der Waals surface area contributed by atoms with Crippen LogP contribution in [0.1, 0.15) is 49.9 Å². The standard InChI is InChI=1S/C25H29N7O6S2/c1-2-38-21-12-11-19(40(36,37)27-14-13-16-7-9-18(10-8-16)39(26,34)35)15-20(21)22-28-25(33)24-30-29-23(32(24)31-22)17-5-3-4-6-17/h7-12,15,17,27H,2-6,13-14H2,1H3,(H2,26,34,35)(H,28,31,33). The molecule has 0 radical (unpaired) electrons. The van der Waals surface area contributed by atoms with Crippen LogP contribution in [0.15, 0.2) is 57.1 Å². The van der Waals surface area contributed by atoms with E-state index in [4.69, 9.17) is 9.88 Å². The molecule has 0 amide bonds. The molecule has 0 spiro atoms. The summed E-state index contributed by atoms with van der Waals surface area (Å²) < 4.78 is 58.9. The van der Waals surface area contributed by atoms with Gasteiger partial charge in [0.05, 0.1) is 22.0 Å². The molecule has 4 aromatic rings. The van der Waals surface area contributed by atoms with Gasteiger partial charge in [-0.1, -0.05) is 25.0 Å². The van der Waals surface area contributed by atoms with Gasteiger partial charge in [-0.2, -0.15) is 4.52 Å². The second kappa shape index (κ2) is 11.1. The SMILES string of the molecule is CCOc1ccc(S(=O)(=O)NCCc2ccc(S(N)(=O)=O)cc2)cc1-c1nn2c(C3CCCC3)nnc2c(=O)[nH]1. The highest BCUT2D eigenvalue weighted by Crippen LogP contribution is 2.34. The van der Waals surface area contributed by atoms with Crippen LogP contribution in [0, 0.1) is 0 Å². The summed E-state index contributed by atoms with van der Waals surface area (Å²) in [6, 6.07) is 10.2. The van der Waals surface area contributed by atoms with Gasteiger partial charge >= 0.3 is 0 Å². The van der Waals surface area contributed by atoms with Crippen LogP contribution in [0.3, 0.4) is 0 Å². The summed E-state index contributed by atoms with van der Waals surface area (Å²) in [7, 11) is -7.77. The lowest BCUT2D eigenvalue weighted by atomic mass is 10.1. The van der Waals surface area contributed by atoms with Crippen LogP contribution < -0.4 is 20.2 Å². The lowest BCUT2D eigenvalue weighted by Crippen LogP contribution is -2.26. The maximum atomic E-state index is 13.2. The van der Waals surface area contributed by atoms with Crippen LogP contribution in [0.2, 0.25) is 0 Å². The zero-order valence-corrected chi connectivity index (χ0v) is 23.3. The molecule has 1 aliphatic carbocycles. The van der Waals surface area contributed by atoms with Crippen molar-refractivity contribution in [2.45, 2.75) is 54.7 Å². The summed E-state index contributed by atoms with van der Waals surface area (Å²) in [5.74, 6) is 1.25. The van der Waals surface area contributed by atoms with E-state index in [0.29, 0.717) is 30.2 Å². The smallest absolute Gasteiger partial charge is 0.296 e. The van der Waals surface area contributed by atoms with Gasteiger partial charge in [0, 0.05) is 12.5 Å². The Bertz CT molecular complexity index is 1810. The molecule has 0 atom stereocenters. The average molecular weight is 588 g/mol. The monoisotopic (exact) mass is 587 g/mol. The van der Waals surface area contributed by atoms with Crippen molar-refractivity contribution in [3.8, 4) is 17.1 Å². The first-order chi connectivity index (χ1) is 19.1. The highest BCUT2D eigenvalue weighted by Gasteiger charge is 2.25. The van der Waals surface area contributed by atoms with Crippen LogP contribution in [0.25, 0.3) is 17.0 Å². The zero-order chi connectivity index (χ0) is 28.5. The lowest BCUT2D eigenvalue weighted by molar-refractivity contribution is 0.341. The molecule has 0 aliphatic heterocycles.